The molecule has 0 aromatic heterocycles. The molecule has 0 saturated carbocycles. The van der Waals surface area contributed by atoms with Crippen LogP contribution in [0.15, 0.2) is 72.3 Å². The van der Waals surface area contributed by atoms with Gasteiger partial charge in [-0.25, -0.2) is 0 Å². The summed E-state index contributed by atoms with van der Waals surface area (Å²) >= 11 is 12.0. The minimum Gasteiger partial charge on any atom is -0.493 e. The Kier molecular flexibility index (Phi) is 7.55. The van der Waals surface area contributed by atoms with Crippen molar-refractivity contribution in [3.05, 3.63) is 93.5 Å². The lowest BCUT2D eigenvalue weighted by atomic mass is 10.1. The van der Waals surface area contributed by atoms with E-state index in [0.29, 0.717) is 32.8 Å². The van der Waals surface area contributed by atoms with Gasteiger partial charge in [0.1, 0.15) is 18.2 Å². The predicted molar refractivity (Wildman–Crippen MR) is 122 cm³/mol. The number of nitrogens with one attached hydrogen (secondary N) is 1. The van der Waals surface area contributed by atoms with Gasteiger partial charge >= 0.3 is 0 Å². The molecule has 0 aliphatic heterocycles. The molecule has 1 amide bonds. The molecule has 7 heteroatoms. The molecule has 0 bridgehead atoms. The maximum atomic E-state index is 12.4. The fourth-order valence-electron chi connectivity index (χ4n) is 2.71. The molecule has 0 spiro atoms. The van der Waals surface area contributed by atoms with Crippen LogP contribution in [0.3, 0.4) is 0 Å². The lowest BCUT2D eigenvalue weighted by Gasteiger charge is -2.12. The van der Waals surface area contributed by atoms with Gasteiger partial charge in [-0.1, -0.05) is 47.5 Å². The number of methoxy groups -OCH3 is 1. The number of carbonyl (C=O) groups is 1. The van der Waals surface area contributed by atoms with E-state index in [0.717, 1.165) is 5.56 Å². The van der Waals surface area contributed by atoms with Gasteiger partial charge in [-0.2, -0.15) is 5.26 Å². The average Bonchev–Trinajstić information content (AvgIpc) is 2.78. The highest BCUT2D eigenvalue weighted by Crippen LogP contribution is 2.30. The Bertz CT molecular complexity index is 1150. The van der Waals surface area contributed by atoms with Crippen LogP contribution in [0.1, 0.15) is 11.1 Å². The van der Waals surface area contributed by atoms with Gasteiger partial charge in [0.25, 0.3) is 5.91 Å². The summed E-state index contributed by atoms with van der Waals surface area (Å²) in [4.78, 5) is 12.4. The van der Waals surface area contributed by atoms with Crippen molar-refractivity contribution < 1.29 is 14.3 Å². The lowest BCUT2D eigenvalue weighted by molar-refractivity contribution is -0.112. The van der Waals surface area contributed by atoms with E-state index in [4.69, 9.17) is 32.7 Å². The van der Waals surface area contributed by atoms with Crippen molar-refractivity contribution in [2.75, 3.05) is 12.4 Å². The maximum absolute atomic E-state index is 12.4. The SMILES string of the molecule is COc1cc(/C=C(/C#N)C(=O)Nc2ccc(Cl)cc2)ccc1OCc1ccccc1Cl. The summed E-state index contributed by atoms with van der Waals surface area (Å²) in [6.07, 6.45) is 1.48. The number of hydrogen-bond donors (Lipinski definition) is 1. The van der Waals surface area contributed by atoms with Crippen molar-refractivity contribution in [3.63, 3.8) is 0 Å². The molecule has 3 rings (SSSR count). The van der Waals surface area contributed by atoms with Crippen LogP contribution in [-0.4, -0.2) is 13.0 Å². The smallest absolute Gasteiger partial charge is 0.266 e. The summed E-state index contributed by atoms with van der Waals surface area (Å²) in [5.41, 5.74) is 1.95. The topological polar surface area (TPSA) is 71.3 Å². The minimum atomic E-state index is -0.525. The zero-order valence-electron chi connectivity index (χ0n) is 16.6. The largest absolute Gasteiger partial charge is 0.493 e. The number of hydrogen-bond acceptors (Lipinski definition) is 4. The van der Waals surface area contributed by atoms with Crippen LogP contribution in [0.2, 0.25) is 10.0 Å². The van der Waals surface area contributed by atoms with Crippen molar-refractivity contribution in [2.24, 2.45) is 0 Å². The summed E-state index contributed by atoms with van der Waals surface area (Å²) in [6, 6.07) is 21.1. The molecule has 0 fully saturated rings. The van der Waals surface area contributed by atoms with Crippen molar-refractivity contribution in [1.29, 1.82) is 5.26 Å². The number of ether oxygens (including phenoxy) is 2. The molecule has 3 aromatic rings. The average molecular weight is 453 g/mol. The molecule has 3 aromatic carbocycles. The maximum Gasteiger partial charge on any atom is 0.266 e. The highest BCUT2D eigenvalue weighted by molar-refractivity contribution is 6.31. The summed E-state index contributed by atoms with van der Waals surface area (Å²) in [7, 11) is 1.52. The van der Waals surface area contributed by atoms with Crippen LogP contribution in [0, 0.1) is 11.3 Å². The Balaban J connectivity index is 1.75. The van der Waals surface area contributed by atoms with Gasteiger partial charge in [0, 0.05) is 21.3 Å². The number of rotatable bonds is 7. The molecular formula is C24H18Cl2N2O3. The quantitative estimate of drug-likeness (QED) is 0.345. The molecule has 0 atom stereocenters. The fourth-order valence-corrected chi connectivity index (χ4v) is 3.03. The van der Waals surface area contributed by atoms with E-state index < -0.39 is 5.91 Å². The van der Waals surface area contributed by atoms with Gasteiger partial charge in [0.15, 0.2) is 11.5 Å². The second-order valence-electron chi connectivity index (χ2n) is 6.42. The van der Waals surface area contributed by atoms with Gasteiger partial charge < -0.3 is 14.8 Å². The first-order valence-corrected chi connectivity index (χ1v) is 9.98. The van der Waals surface area contributed by atoms with Crippen LogP contribution < -0.4 is 14.8 Å². The monoisotopic (exact) mass is 452 g/mol. The number of nitrogens with zero attached hydrogens (tertiary/aromatic N) is 1. The van der Waals surface area contributed by atoms with Crippen LogP contribution in [-0.2, 0) is 11.4 Å². The minimum absolute atomic E-state index is 0.0539. The first-order valence-electron chi connectivity index (χ1n) is 9.23. The van der Waals surface area contributed by atoms with Crippen molar-refractivity contribution in [2.45, 2.75) is 6.61 Å². The van der Waals surface area contributed by atoms with E-state index in [2.05, 4.69) is 5.32 Å². The van der Waals surface area contributed by atoms with E-state index in [1.54, 1.807) is 48.5 Å². The molecule has 0 unspecified atom stereocenters. The predicted octanol–water partition coefficient (Wildman–Crippen LogP) is 6.13. The highest BCUT2D eigenvalue weighted by atomic mass is 35.5. The van der Waals surface area contributed by atoms with Crippen LogP contribution in [0.25, 0.3) is 6.08 Å². The standard InChI is InChI=1S/C24H18Cl2N2O3/c1-30-23-13-16(6-11-22(23)31-15-17-4-2-3-5-21(17)26)12-18(14-27)24(29)28-20-9-7-19(25)8-10-20/h2-13H,15H2,1H3,(H,28,29)/b18-12-. The van der Waals surface area contributed by atoms with E-state index in [1.165, 1.54) is 13.2 Å². The van der Waals surface area contributed by atoms with Gasteiger partial charge in [0.05, 0.1) is 7.11 Å². The Morgan fingerprint density at radius 3 is 2.48 bits per heavy atom. The van der Waals surface area contributed by atoms with Crippen LogP contribution >= 0.6 is 23.2 Å². The number of amides is 1. The molecule has 0 aliphatic carbocycles. The normalized spacial score (nSPS) is 10.8. The molecule has 0 heterocycles. The van der Waals surface area contributed by atoms with Crippen LogP contribution in [0.5, 0.6) is 11.5 Å². The third-order valence-electron chi connectivity index (χ3n) is 4.31. The van der Waals surface area contributed by atoms with Gasteiger partial charge in [-0.3, -0.25) is 4.79 Å². The number of halogens is 2. The summed E-state index contributed by atoms with van der Waals surface area (Å²) < 4.78 is 11.2. The zero-order chi connectivity index (χ0) is 22.2. The van der Waals surface area contributed by atoms with Crippen LogP contribution in [0.4, 0.5) is 5.69 Å². The van der Waals surface area contributed by atoms with E-state index >= 15 is 0 Å². The summed E-state index contributed by atoms with van der Waals surface area (Å²) in [5, 5.41) is 13.3. The number of benzene rings is 3. The Morgan fingerprint density at radius 1 is 1.06 bits per heavy atom. The Hall–Kier alpha value is -3.46. The van der Waals surface area contributed by atoms with Crippen molar-refractivity contribution in [3.8, 4) is 17.6 Å². The van der Waals surface area contributed by atoms with E-state index in [9.17, 15) is 10.1 Å². The van der Waals surface area contributed by atoms with Crippen molar-refractivity contribution in [1.82, 2.24) is 0 Å². The third-order valence-corrected chi connectivity index (χ3v) is 4.93. The molecule has 1 N–H and O–H groups in total. The van der Waals surface area contributed by atoms with Gasteiger partial charge in [0.2, 0.25) is 0 Å². The molecule has 0 radical (unpaired) electrons. The molecule has 0 aliphatic rings. The Labute approximate surface area is 190 Å². The number of carbonyl (C=O) groups excluding carboxylic acids is 1. The molecule has 156 valence electrons. The molecule has 5 nitrogen and oxygen atoms in total. The van der Waals surface area contributed by atoms with Crippen molar-refractivity contribution >= 4 is 40.9 Å². The summed E-state index contributed by atoms with van der Waals surface area (Å²) in [5.74, 6) is 0.461. The van der Waals surface area contributed by atoms with E-state index in [-0.39, 0.29) is 12.2 Å². The molecule has 31 heavy (non-hydrogen) atoms. The number of nitriles is 1. The zero-order valence-corrected chi connectivity index (χ0v) is 18.1. The number of anilines is 1. The highest BCUT2D eigenvalue weighted by Gasteiger charge is 2.12. The second-order valence-corrected chi connectivity index (χ2v) is 7.26. The van der Waals surface area contributed by atoms with E-state index in [1.807, 2.05) is 24.3 Å². The summed E-state index contributed by atoms with van der Waals surface area (Å²) in [6.45, 7) is 0.276. The first-order chi connectivity index (χ1) is 15.0. The Morgan fingerprint density at radius 2 is 1.81 bits per heavy atom. The van der Waals surface area contributed by atoms with Gasteiger partial charge in [-0.15, -0.1) is 0 Å². The first kappa shape index (κ1) is 22.2. The van der Waals surface area contributed by atoms with Gasteiger partial charge in [-0.05, 0) is 54.1 Å². The molecular weight excluding hydrogens is 435 g/mol. The second kappa shape index (κ2) is 10.5. The third kappa shape index (κ3) is 6.02. The fraction of sp³-hybridized carbons (Fsp3) is 0.0833. The molecule has 0 saturated heterocycles. The lowest BCUT2D eigenvalue weighted by Crippen LogP contribution is -2.13.